The van der Waals surface area contributed by atoms with Crippen LogP contribution in [0.3, 0.4) is 0 Å². The first-order chi connectivity index (χ1) is 18.9. The van der Waals surface area contributed by atoms with Crippen LogP contribution in [0.1, 0.15) is 65.9 Å². The average molecular weight is 528 g/mol. The van der Waals surface area contributed by atoms with E-state index in [0.29, 0.717) is 5.69 Å². The maximum atomic E-state index is 14.1. The van der Waals surface area contributed by atoms with Crippen LogP contribution in [0.4, 0.5) is 11.4 Å². The van der Waals surface area contributed by atoms with Crippen molar-refractivity contribution in [3.63, 3.8) is 0 Å². The highest BCUT2D eigenvalue weighted by atomic mass is 16.5. The van der Waals surface area contributed by atoms with Crippen molar-refractivity contribution in [1.29, 1.82) is 0 Å². The van der Waals surface area contributed by atoms with Crippen molar-refractivity contribution < 1.29 is 9.53 Å². The molecule has 7 heteroatoms. The van der Waals surface area contributed by atoms with Gasteiger partial charge in [0.2, 0.25) is 0 Å². The van der Waals surface area contributed by atoms with Crippen LogP contribution in [-0.4, -0.2) is 85.6 Å². The van der Waals surface area contributed by atoms with E-state index >= 15 is 0 Å². The van der Waals surface area contributed by atoms with Crippen LogP contribution in [0.2, 0.25) is 0 Å². The number of aromatic nitrogens is 1. The summed E-state index contributed by atoms with van der Waals surface area (Å²) in [6, 6.07) is 11.3. The summed E-state index contributed by atoms with van der Waals surface area (Å²) in [6.07, 6.45) is 4.88. The minimum absolute atomic E-state index is 0.126. The molecule has 7 nitrogen and oxygen atoms in total. The quantitative estimate of drug-likeness (QED) is 0.469. The maximum Gasteiger partial charge on any atom is 0.195 e. The molecular weight excluding hydrogens is 486 g/mol. The van der Waals surface area contributed by atoms with Crippen molar-refractivity contribution >= 4 is 28.1 Å². The Kier molecular flexibility index (Phi) is 6.21. The lowest BCUT2D eigenvalue weighted by Crippen LogP contribution is -2.47. The van der Waals surface area contributed by atoms with Crippen molar-refractivity contribution in [2.75, 3.05) is 69.7 Å². The van der Waals surface area contributed by atoms with E-state index in [2.05, 4.69) is 45.7 Å². The molecule has 2 aliphatic carbocycles. The first kappa shape index (κ1) is 25.1. The summed E-state index contributed by atoms with van der Waals surface area (Å²) in [7, 11) is 0. The number of nitrogen functional groups attached to an aromatic ring is 1. The second-order valence-electron chi connectivity index (χ2n) is 12.5. The van der Waals surface area contributed by atoms with Crippen LogP contribution in [0.15, 0.2) is 30.3 Å². The van der Waals surface area contributed by atoms with Gasteiger partial charge in [-0.3, -0.25) is 9.69 Å². The van der Waals surface area contributed by atoms with Crippen LogP contribution in [0.25, 0.3) is 10.9 Å². The van der Waals surface area contributed by atoms with Gasteiger partial charge >= 0.3 is 0 Å². The highest BCUT2D eigenvalue weighted by Crippen LogP contribution is 2.46. The third-order valence-corrected chi connectivity index (χ3v) is 9.55. The van der Waals surface area contributed by atoms with E-state index in [4.69, 9.17) is 10.5 Å². The molecule has 39 heavy (non-hydrogen) atoms. The summed E-state index contributed by atoms with van der Waals surface area (Å²) in [5.41, 5.74) is 13.7. The molecular formula is C32H41N5O2. The van der Waals surface area contributed by atoms with E-state index in [0.717, 1.165) is 85.0 Å². The molecule has 0 atom stereocenters. The minimum Gasteiger partial charge on any atom is -0.399 e. The number of hydrogen-bond donors (Lipinski definition) is 2. The fraction of sp³-hybridized carbons (Fsp3) is 0.531. The molecule has 3 N–H and O–H groups in total. The largest absolute Gasteiger partial charge is 0.399 e. The number of benzene rings is 2. The first-order valence-electron chi connectivity index (χ1n) is 14.8. The first-order valence-corrected chi connectivity index (χ1v) is 14.8. The van der Waals surface area contributed by atoms with Gasteiger partial charge in [-0.25, -0.2) is 0 Å². The number of nitrogens with one attached hydrogen (secondary N) is 1. The Bertz CT molecular complexity index is 1410. The van der Waals surface area contributed by atoms with E-state index in [9.17, 15) is 4.79 Å². The van der Waals surface area contributed by atoms with Crippen LogP contribution in [0.5, 0.6) is 0 Å². The zero-order chi connectivity index (χ0) is 26.7. The number of carbonyl (C=O) groups excluding carboxylic acids is 1. The number of morpholine rings is 1. The number of hydrogen-bond acceptors (Lipinski definition) is 6. The Hall–Kier alpha value is -2.87. The summed E-state index contributed by atoms with van der Waals surface area (Å²) < 4.78 is 5.69. The van der Waals surface area contributed by atoms with Gasteiger partial charge < -0.3 is 25.3 Å². The number of piperazine rings is 1. The molecule has 0 spiro atoms. The van der Waals surface area contributed by atoms with Crippen molar-refractivity contribution in [3.05, 3.63) is 58.3 Å². The highest BCUT2D eigenvalue weighted by Gasteiger charge is 2.40. The van der Waals surface area contributed by atoms with Gasteiger partial charge in [-0.15, -0.1) is 0 Å². The Morgan fingerprint density at radius 1 is 1.03 bits per heavy atom. The average Bonchev–Trinajstić information content (AvgIpc) is 3.72. The molecule has 2 aliphatic heterocycles. The van der Waals surface area contributed by atoms with Crippen molar-refractivity contribution in [2.45, 2.75) is 51.0 Å². The lowest BCUT2D eigenvalue weighted by molar-refractivity contribution is 0.103. The topological polar surface area (TPSA) is 77.8 Å². The van der Waals surface area contributed by atoms with Crippen molar-refractivity contribution in [1.82, 2.24) is 14.8 Å². The molecule has 3 fully saturated rings. The van der Waals surface area contributed by atoms with Crippen LogP contribution in [0, 0.1) is 0 Å². The van der Waals surface area contributed by atoms with Gasteiger partial charge in [0.05, 0.1) is 18.8 Å². The van der Waals surface area contributed by atoms with E-state index in [1.807, 2.05) is 18.2 Å². The lowest BCUT2D eigenvalue weighted by atomic mass is 9.70. The Labute approximate surface area is 231 Å². The number of rotatable bonds is 6. The number of carbonyl (C=O) groups is 1. The fourth-order valence-electron chi connectivity index (χ4n) is 7.11. The third kappa shape index (κ3) is 4.45. The number of nitrogens with zero attached hydrogens (tertiary/aromatic N) is 3. The smallest absolute Gasteiger partial charge is 0.195 e. The molecule has 7 rings (SSSR count). The molecule has 3 aromatic rings. The highest BCUT2D eigenvalue weighted by molar-refractivity contribution is 6.20. The SMILES string of the molecule is CC1(C)c2cc(N3CCOCC3)c(CCCN3CCN(C4CC4)CC3)cc2C(=O)c2c1[nH]c1cc(N)ccc21. The molecule has 1 aromatic heterocycles. The molecule has 2 saturated heterocycles. The number of ketones is 1. The standard InChI is InChI=1S/C32H41N5O2/c1-32(2)26-20-28(37-14-16-39-17-15-37)21(4-3-9-35-10-12-36(13-11-35)23-6-7-23)18-25(26)30(38)29-24-8-5-22(33)19-27(24)34-31(29)32/h5,8,18-20,23,34H,3-4,6-7,9-17,33H2,1-2H3. The molecule has 4 aliphatic rings. The van der Waals surface area contributed by atoms with Crippen LogP contribution < -0.4 is 10.6 Å². The Morgan fingerprint density at radius 2 is 1.79 bits per heavy atom. The second-order valence-corrected chi connectivity index (χ2v) is 12.5. The predicted octanol–water partition coefficient (Wildman–Crippen LogP) is 4.17. The minimum atomic E-state index is -0.326. The molecule has 2 aromatic carbocycles. The zero-order valence-electron chi connectivity index (χ0n) is 23.4. The van der Waals surface area contributed by atoms with Gasteiger partial charge in [0.25, 0.3) is 0 Å². The Balaban J connectivity index is 1.20. The van der Waals surface area contributed by atoms with Gasteiger partial charge in [-0.05, 0) is 67.6 Å². The number of H-pyrrole nitrogens is 1. The van der Waals surface area contributed by atoms with E-state index in [1.54, 1.807) is 0 Å². The lowest BCUT2D eigenvalue weighted by Gasteiger charge is -2.37. The molecule has 0 bridgehead atoms. The van der Waals surface area contributed by atoms with E-state index < -0.39 is 0 Å². The Morgan fingerprint density at radius 3 is 2.54 bits per heavy atom. The molecule has 0 unspecified atom stereocenters. The third-order valence-electron chi connectivity index (χ3n) is 9.55. The van der Waals surface area contributed by atoms with Gasteiger partial charge in [-0.1, -0.05) is 19.9 Å². The molecule has 0 amide bonds. The van der Waals surface area contributed by atoms with E-state index in [-0.39, 0.29) is 11.2 Å². The zero-order valence-corrected chi connectivity index (χ0v) is 23.4. The molecule has 1 saturated carbocycles. The molecule has 0 radical (unpaired) electrons. The van der Waals surface area contributed by atoms with Gasteiger partial charge in [0.15, 0.2) is 5.78 Å². The number of aromatic amines is 1. The van der Waals surface area contributed by atoms with Crippen molar-refractivity contribution in [3.8, 4) is 0 Å². The number of nitrogens with two attached hydrogens (primary N) is 1. The van der Waals surface area contributed by atoms with Crippen molar-refractivity contribution in [2.24, 2.45) is 0 Å². The summed E-state index contributed by atoms with van der Waals surface area (Å²) in [6.45, 7) is 13.6. The summed E-state index contributed by atoms with van der Waals surface area (Å²) in [5.74, 6) is 0.126. The number of aryl methyl sites for hydroxylation is 1. The fourth-order valence-corrected chi connectivity index (χ4v) is 7.11. The predicted molar refractivity (Wildman–Crippen MR) is 157 cm³/mol. The summed E-state index contributed by atoms with van der Waals surface area (Å²) in [4.78, 5) is 25.5. The monoisotopic (exact) mass is 527 g/mol. The number of fused-ring (bicyclic) bond motifs is 4. The van der Waals surface area contributed by atoms with E-state index in [1.165, 1.54) is 50.3 Å². The summed E-state index contributed by atoms with van der Waals surface area (Å²) in [5, 5.41) is 0.965. The van der Waals surface area contributed by atoms with Crippen LogP contribution >= 0.6 is 0 Å². The van der Waals surface area contributed by atoms with Crippen LogP contribution in [-0.2, 0) is 16.6 Å². The summed E-state index contributed by atoms with van der Waals surface area (Å²) >= 11 is 0. The normalized spacial score (nSPS) is 21.8. The number of ether oxygens (including phenoxy) is 1. The van der Waals surface area contributed by atoms with Gasteiger partial charge in [-0.2, -0.15) is 0 Å². The van der Waals surface area contributed by atoms with Gasteiger partial charge in [0.1, 0.15) is 0 Å². The number of anilines is 2. The maximum absolute atomic E-state index is 14.1. The van der Waals surface area contributed by atoms with Gasteiger partial charge in [0, 0.05) is 84.3 Å². The molecule has 206 valence electrons. The second kappa shape index (κ2) is 9.65. The molecule has 3 heterocycles.